The van der Waals surface area contributed by atoms with E-state index in [1.807, 2.05) is 0 Å². The van der Waals surface area contributed by atoms with Crippen LogP contribution >= 0.6 is 10.6 Å². The summed E-state index contributed by atoms with van der Waals surface area (Å²) in [7, 11) is -2.35. The fourth-order valence-electron chi connectivity index (χ4n) is 13.6. The highest BCUT2D eigenvalue weighted by atomic mass is 32.3. The van der Waals surface area contributed by atoms with Crippen molar-refractivity contribution >= 4 is 16.6 Å². The number of fused-ring (bicyclic) bond motifs is 7. The van der Waals surface area contributed by atoms with Crippen LogP contribution in [0.3, 0.4) is 0 Å². The highest BCUT2D eigenvalue weighted by Crippen LogP contribution is 2.76. The quantitative estimate of drug-likeness (QED) is 0.137. The lowest BCUT2D eigenvalue weighted by atomic mass is 9.33. The first kappa shape index (κ1) is 35.9. The molecule has 0 unspecified atom stereocenters. The second-order valence-electron chi connectivity index (χ2n) is 18.6. The lowest BCUT2D eigenvalue weighted by Gasteiger charge is -2.72. The van der Waals surface area contributed by atoms with E-state index >= 15 is 0 Å². The SMILES string of the molecule is C=C(C)[C@@H]1CC[C@]2(NCCN3CCS(O)(O)CC3)CC[C@]3(C)[C@H](CC[C@@H]4[C@@]5(C)CC=C(CCCCC(=O)O)C(C)(C)[C@@H]5CC[C@]43C)[C@@H]12. The van der Waals surface area contributed by atoms with Crippen molar-refractivity contribution in [3.63, 3.8) is 0 Å². The summed E-state index contributed by atoms with van der Waals surface area (Å²) < 4.78 is 20.2. The summed E-state index contributed by atoms with van der Waals surface area (Å²) in [6, 6.07) is 0. The lowest BCUT2D eigenvalue weighted by molar-refractivity contribution is -0.221. The Kier molecular flexibility index (Phi) is 9.73. The zero-order chi connectivity index (χ0) is 34.0. The Hall–Kier alpha value is -0.860. The fourth-order valence-corrected chi connectivity index (χ4v) is 14.9. The Morgan fingerprint density at radius 2 is 1.68 bits per heavy atom. The van der Waals surface area contributed by atoms with E-state index in [9.17, 15) is 13.9 Å². The summed E-state index contributed by atoms with van der Waals surface area (Å²) in [6.07, 6.45) is 17.3. The molecule has 0 radical (unpaired) electrons. The topological polar surface area (TPSA) is 93.0 Å². The molecule has 7 heteroatoms. The third kappa shape index (κ3) is 6.02. The van der Waals surface area contributed by atoms with Gasteiger partial charge in [0.15, 0.2) is 0 Å². The average Bonchev–Trinajstić information content (AvgIpc) is 3.37. The van der Waals surface area contributed by atoms with Crippen molar-refractivity contribution in [2.75, 3.05) is 37.7 Å². The van der Waals surface area contributed by atoms with E-state index < -0.39 is 16.6 Å². The Balaban J connectivity index is 1.21. The first-order valence-corrected chi connectivity index (χ1v) is 21.2. The molecular formula is C40H68N2O4S. The molecule has 1 aliphatic heterocycles. The van der Waals surface area contributed by atoms with Crippen LogP contribution in [0, 0.1) is 51.2 Å². The third-order valence-electron chi connectivity index (χ3n) is 16.3. The van der Waals surface area contributed by atoms with Gasteiger partial charge in [-0.3, -0.25) is 18.8 Å². The van der Waals surface area contributed by atoms with Crippen molar-refractivity contribution in [1.82, 2.24) is 10.2 Å². The van der Waals surface area contributed by atoms with Crippen molar-refractivity contribution in [2.45, 2.75) is 131 Å². The minimum atomic E-state index is -2.35. The molecule has 9 atom stereocenters. The molecule has 268 valence electrons. The number of hydrogen-bond acceptors (Lipinski definition) is 5. The highest BCUT2D eigenvalue weighted by Gasteiger charge is 2.70. The molecule has 1 heterocycles. The standard InChI is InChI=1S/C40H68N2O4S/c1-28(2)30-15-19-40(41-22-23-42-24-26-47(45,46)27-25-42)21-20-38(6)31(35(30)40)12-13-33-37(5)17-14-29(10-8-9-11-34(43)44)36(3,4)32(37)16-18-39(33,38)7/h14,30-33,35,41,45-46H,1,8-13,15-27H2,2-7H3,(H,43,44)/t30-,31+,32-,33+,35+,37-,38+,39+,40-/m0/s1. The van der Waals surface area contributed by atoms with Crippen LogP contribution in [0.2, 0.25) is 0 Å². The average molecular weight is 673 g/mol. The van der Waals surface area contributed by atoms with E-state index in [0.29, 0.717) is 51.4 Å². The van der Waals surface area contributed by atoms with Gasteiger partial charge < -0.3 is 10.4 Å². The van der Waals surface area contributed by atoms with E-state index in [4.69, 9.17) is 5.11 Å². The Morgan fingerprint density at radius 1 is 0.957 bits per heavy atom. The number of unbranched alkanes of at least 4 members (excludes halogenated alkanes) is 1. The van der Waals surface area contributed by atoms with Gasteiger partial charge in [-0.05, 0) is 135 Å². The molecule has 0 amide bonds. The normalized spacial score (nSPS) is 44.7. The molecular weight excluding hydrogens is 605 g/mol. The van der Waals surface area contributed by atoms with Crippen molar-refractivity contribution in [3.05, 3.63) is 23.8 Å². The maximum absolute atomic E-state index is 11.1. The molecule has 6 nitrogen and oxygen atoms in total. The van der Waals surface area contributed by atoms with Gasteiger partial charge >= 0.3 is 5.97 Å². The molecule has 47 heavy (non-hydrogen) atoms. The van der Waals surface area contributed by atoms with Crippen LogP contribution in [-0.2, 0) is 4.79 Å². The van der Waals surface area contributed by atoms with Crippen LogP contribution in [-0.4, -0.2) is 68.3 Å². The number of carboxylic acid groups (broad SMARTS) is 1. The summed E-state index contributed by atoms with van der Waals surface area (Å²) in [5.74, 6) is 3.76. The fraction of sp³-hybridized carbons (Fsp3) is 0.875. The molecule has 0 aromatic heterocycles. The Bertz CT molecular complexity index is 1240. The Morgan fingerprint density at radius 3 is 2.36 bits per heavy atom. The summed E-state index contributed by atoms with van der Waals surface area (Å²) in [5.41, 5.74) is 4.31. The summed E-state index contributed by atoms with van der Waals surface area (Å²) >= 11 is 0. The van der Waals surface area contributed by atoms with Crippen LogP contribution in [0.1, 0.15) is 125 Å². The molecule has 0 aromatic carbocycles. The largest absolute Gasteiger partial charge is 0.481 e. The van der Waals surface area contributed by atoms with Crippen molar-refractivity contribution in [1.29, 1.82) is 0 Å². The summed E-state index contributed by atoms with van der Waals surface area (Å²) in [5, 5.41) is 13.4. The molecule has 5 fully saturated rings. The van der Waals surface area contributed by atoms with E-state index in [1.165, 1.54) is 63.4 Å². The van der Waals surface area contributed by atoms with Gasteiger partial charge in [-0.25, -0.2) is 0 Å². The molecule has 4 N–H and O–H groups in total. The first-order valence-electron chi connectivity index (χ1n) is 19.3. The van der Waals surface area contributed by atoms with Crippen molar-refractivity contribution in [2.24, 2.45) is 51.2 Å². The second kappa shape index (κ2) is 12.7. The molecule has 1 saturated heterocycles. The monoisotopic (exact) mass is 672 g/mol. The summed E-state index contributed by atoms with van der Waals surface area (Å²) in [6.45, 7) is 23.6. The van der Waals surface area contributed by atoms with Crippen LogP contribution in [0.25, 0.3) is 0 Å². The summed E-state index contributed by atoms with van der Waals surface area (Å²) in [4.78, 5) is 13.5. The molecule has 4 saturated carbocycles. The van der Waals surface area contributed by atoms with E-state index in [-0.39, 0.29) is 17.4 Å². The van der Waals surface area contributed by atoms with Gasteiger partial charge in [-0.1, -0.05) is 58.4 Å². The minimum absolute atomic E-state index is 0.170. The van der Waals surface area contributed by atoms with Gasteiger partial charge in [-0.2, -0.15) is 10.6 Å². The molecule has 6 rings (SSSR count). The number of hydrogen-bond donors (Lipinski definition) is 4. The van der Waals surface area contributed by atoms with Gasteiger partial charge in [0, 0.05) is 38.1 Å². The van der Waals surface area contributed by atoms with Gasteiger partial charge in [0.1, 0.15) is 0 Å². The maximum atomic E-state index is 11.1. The lowest BCUT2D eigenvalue weighted by Crippen LogP contribution is -2.68. The smallest absolute Gasteiger partial charge is 0.303 e. The number of rotatable bonds is 10. The number of aliphatic carboxylic acids is 1. The predicted octanol–water partition coefficient (Wildman–Crippen LogP) is 9.23. The van der Waals surface area contributed by atoms with Crippen molar-refractivity contribution in [3.8, 4) is 0 Å². The number of carboxylic acids is 1. The van der Waals surface area contributed by atoms with E-state index in [0.717, 1.165) is 51.4 Å². The molecule has 6 aliphatic rings. The zero-order valence-electron chi connectivity index (χ0n) is 30.7. The maximum Gasteiger partial charge on any atom is 0.303 e. The van der Waals surface area contributed by atoms with Crippen LogP contribution in [0.15, 0.2) is 23.8 Å². The van der Waals surface area contributed by atoms with Gasteiger partial charge in [0.25, 0.3) is 0 Å². The van der Waals surface area contributed by atoms with E-state index in [2.05, 4.69) is 64.4 Å². The van der Waals surface area contributed by atoms with Gasteiger partial charge in [-0.15, -0.1) is 0 Å². The Labute approximate surface area is 288 Å². The third-order valence-corrected chi connectivity index (χ3v) is 18.0. The number of nitrogens with zero attached hydrogens (tertiary/aromatic N) is 1. The van der Waals surface area contributed by atoms with Crippen LogP contribution in [0.4, 0.5) is 0 Å². The minimum Gasteiger partial charge on any atom is -0.481 e. The van der Waals surface area contributed by atoms with Crippen molar-refractivity contribution < 1.29 is 19.0 Å². The predicted molar refractivity (Wildman–Crippen MR) is 196 cm³/mol. The highest BCUT2D eigenvalue weighted by molar-refractivity contribution is 8.24. The first-order chi connectivity index (χ1) is 22.0. The molecule has 0 aromatic rings. The molecule has 5 aliphatic carbocycles. The number of allylic oxidation sites excluding steroid dienone is 3. The van der Waals surface area contributed by atoms with E-state index in [1.54, 1.807) is 5.57 Å². The second-order valence-corrected chi connectivity index (χ2v) is 21.0. The number of nitrogens with one attached hydrogen (secondary N) is 1. The van der Waals surface area contributed by atoms with Gasteiger partial charge in [0.2, 0.25) is 0 Å². The molecule has 0 spiro atoms. The molecule has 0 bridgehead atoms. The number of carbonyl (C=O) groups is 1. The van der Waals surface area contributed by atoms with Crippen LogP contribution < -0.4 is 5.32 Å². The zero-order valence-corrected chi connectivity index (χ0v) is 31.5. The van der Waals surface area contributed by atoms with Crippen LogP contribution in [0.5, 0.6) is 0 Å². The van der Waals surface area contributed by atoms with Gasteiger partial charge in [0.05, 0.1) is 11.5 Å².